The number of carbonyl (C=O) groups is 2. The minimum absolute atomic E-state index is 0.0417. The Hall–Kier alpha value is -1.84. The van der Waals surface area contributed by atoms with Gasteiger partial charge in [0.05, 0.1) is 0 Å². The predicted octanol–water partition coefficient (Wildman–Crippen LogP) is 4.10. The number of hydrogen-bond donors (Lipinski definition) is 0. The van der Waals surface area contributed by atoms with E-state index < -0.39 is 0 Å². The highest BCUT2D eigenvalue weighted by molar-refractivity contribution is 5.94. The van der Waals surface area contributed by atoms with E-state index in [0.717, 1.165) is 57.3 Å². The molecule has 1 aliphatic carbocycles. The number of carbonyl (C=O) groups excluding carboxylic acids is 2. The molecule has 0 aromatic heterocycles. The van der Waals surface area contributed by atoms with Gasteiger partial charge in [-0.15, -0.1) is 0 Å². The van der Waals surface area contributed by atoms with Gasteiger partial charge in [-0.25, -0.2) is 0 Å². The first-order chi connectivity index (χ1) is 12.1. The Bertz CT molecular complexity index is 544. The van der Waals surface area contributed by atoms with Gasteiger partial charge in [0.1, 0.15) is 0 Å². The van der Waals surface area contributed by atoms with Gasteiger partial charge in [0, 0.05) is 37.7 Å². The van der Waals surface area contributed by atoms with E-state index in [9.17, 15) is 9.59 Å². The van der Waals surface area contributed by atoms with Gasteiger partial charge in [-0.1, -0.05) is 32.0 Å². The Balaban J connectivity index is 1.90. The fourth-order valence-electron chi connectivity index (χ4n) is 3.77. The molecule has 0 aliphatic heterocycles. The smallest absolute Gasteiger partial charge is 0.229 e. The molecular formula is C21H32N2O2. The molecule has 1 aromatic carbocycles. The Morgan fingerprint density at radius 3 is 1.84 bits per heavy atom. The van der Waals surface area contributed by atoms with Crippen LogP contribution < -0.4 is 4.90 Å². The maximum atomic E-state index is 12.7. The van der Waals surface area contributed by atoms with Gasteiger partial charge >= 0.3 is 0 Å². The Morgan fingerprint density at radius 2 is 1.36 bits per heavy atom. The molecule has 25 heavy (non-hydrogen) atoms. The third kappa shape index (κ3) is 5.07. The van der Waals surface area contributed by atoms with Gasteiger partial charge in [-0.05, 0) is 50.7 Å². The van der Waals surface area contributed by atoms with Gasteiger partial charge < -0.3 is 9.80 Å². The van der Waals surface area contributed by atoms with Crippen LogP contribution in [-0.4, -0.2) is 36.9 Å². The summed E-state index contributed by atoms with van der Waals surface area (Å²) in [4.78, 5) is 29.3. The topological polar surface area (TPSA) is 40.6 Å². The van der Waals surface area contributed by atoms with Crippen LogP contribution in [0.15, 0.2) is 30.3 Å². The largest absolute Gasteiger partial charge is 0.342 e. The van der Waals surface area contributed by atoms with Gasteiger partial charge in [0.15, 0.2) is 0 Å². The number of hydrogen-bond acceptors (Lipinski definition) is 2. The third-order valence-electron chi connectivity index (χ3n) is 5.20. The van der Waals surface area contributed by atoms with E-state index in [-0.39, 0.29) is 17.7 Å². The molecule has 0 saturated heterocycles. The predicted molar refractivity (Wildman–Crippen MR) is 102 cm³/mol. The minimum Gasteiger partial charge on any atom is -0.342 e. The summed E-state index contributed by atoms with van der Waals surface area (Å²) < 4.78 is 0. The van der Waals surface area contributed by atoms with Gasteiger partial charge in [0.25, 0.3) is 0 Å². The molecule has 2 rings (SSSR count). The first-order valence-corrected chi connectivity index (χ1v) is 9.69. The van der Waals surface area contributed by atoms with Crippen LogP contribution in [0.1, 0.15) is 52.4 Å². The average Bonchev–Trinajstić information content (AvgIpc) is 2.67. The van der Waals surface area contributed by atoms with Crippen LogP contribution in [0.2, 0.25) is 0 Å². The average molecular weight is 344 g/mol. The molecule has 1 aromatic rings. The van der Waals surface area contributed by atoms with Gasteiger partial charge in [-0.3, -0.25) is 9.59 Å². The Morgan fingerprint density at radius 1 is 0.880 bits per heavy atom. The quantitative estimate of drug-likeness (QED) is 0.747. The van der Waals surface area contributed by atoms with E-state index >= 15 is 0 Å². The molecule has 0 atom stereocenters. The number of para-hydroxylation sites is 1. The molecule has 0 spiro atoms. The van der Waals surface area contributed by atoms with Crippen molar-refractivity contribution in [3.8, 4) is 0 Å². The van der Waals surface area contributed by atoms with Gasteiger partial charge in [0.2, 0.25) is 11.8 Å². The highest BCUT2D eigenvalue weighted by atomic mass is 16.2. The van der Waals surface area contributed by atoms with E-state index in [4.69, 9.17) is 0 Å². The summed E-state index contributed by atoms with van der Waals surface area (Å²) in [5.74, 6) is 0.617. The van der Waals surface area contributed by atoms with Crippen molar-refractivity contribution in [3.05, 3.63) is 30.3 Å². The molecule has 138 valence electrons. The molecular weight excluding hydrogens is 312 g/mol. The number of anilines is 1. The highest BCUT2D eigenvalue weighted by Gasteiger charge is 2.33. The number of benzene rings is 1. The molecule has 0 radical (unpaired) electrons. The summed E-state index contributed by atoms with van der Waals surface area (Å²) in [6, 6.07) is 9.77. The summed E-state index contributed by atoms with van der Waals surface area (Å²) >= 11 is 0. The first-order valence-electron chi connectivity index (χ1n) is 9.69. The standard InChI is InChI=1S/C21H32N2O2/c1-4-15-23(16-5-2)21(25)18-13-11-17(12-14-18)20(24)22(3)19-9-7-6-8-10-19/h6-10,17-18H,4-5,11-16H2,1-3H3. The van der Waals surface area contributed by atoms with Crippen molar-refractivity contribution >= 4 is 17.5 Å². The Labute approximate surface area is 152 Å². The normalized spacial score (nSPS) is 20.1. The van der Waals surface area contributed by atoms with Crippen molar-refractivity contribution in [3.63, 3.8) is 0 Å². The molecule has 1 saturated carbocycles. The summed E-state index contributed by atoms with van der Waals surface area (Å²) in [7, 11) is 1.85. The minimum atomic E-state index is 0.0417. The molecule has 1 fully saturated rings. The molecule has 0 N–H and O–H groups in total. The SMILES string of the molecule is CCCN(CCC)C(=O)C1CCC(C(=O)N(C)c2ccccc2)CC1. The summed E-state index contributed by atoms with van der Waals surface area (Å²) in [5.41, 5.74) is 0.933. The van der Waals surface area contributed by atoms with Gasteiger partial charge in [-0.2, -0.15) is 0 Å². The number of nitrogens with zero attached hydrogens (tertiary/aromatic N) is 2. The van der Waals surface area contributed by atoms with Crippen LogP contribution in [0.5, 0.6) is 0 Å². The fourth-order valence-corrected chi connectivity index (χ4v) is 3.77. The fraction of sp³-hybridized carbons (Fsp3) is 0.619. The zero-order chi connectivity index (χ0) is 18.2. The molecule has 1 aliphatic rings. The van der Waals surface area contributed by atoms with Crippen molar-refractivity contribution in [1.29, 1.82) is 0 Å². The summed E-state index contributed by atoms with van der Waals surface area (Å²) in [6.45, 7) is 5.93. The second-order valence-corrected chi connectivity index (χ2v) is 7.11. The van der Waals surface area contributed by atoms with Crippen molar-refractivity contribution in [2.24, 2.45) is 11.8 Å². The van der Waals surface area contributed by atoms with Crippen molar-refractivity contribution < 1.29 is 9.59 Å². The van der Waals surface area contributed by atoms with Crippen LogP contribution >= 0.6 is 0 Å². The molecule has 4 heteroatoms. The second-order valence-electron chi connectivity index (χ2n) is 7.11. The second kappa shape index (κ2) is 9.59. The van der Waals surface area contributed by atoms with E-state index in [1.807, 2.05) is 42.3 Å². The highest BCUT2D eigenvalue weighted by Crippen LogP contribution is 2.32. The molecule has 0 unspecified atom stereocenters. The van der Waals surface area contributed by atoms with Crippen LogP contribution in [0, 0.1) is 11.8 Å². The third-order valence-corrected chi connectivity index (χ3v) is 5.20. The van der Waals surface area contributed by atoms with Crippen molar-refractivity contribution in [2.45, 2.75) is 52.4 Å². The number of amides is 2. The van der Waals surface area contributed by atoms with Crippen LogP contribution in [0.25, 0.3) is 0 Å². The van der Waals surface area contributed by atoms with Crippen LogP contribution in [-0.2, 0) is 9.59 Å². The molecule has 2 amide bonds. The lowest BCUT2D eigenvalue weighted by Crippen LogP contribution is -2.41. The lowest BCUT2D eigenvalue weighted by Gasteiger charge is -2.33. The number of rotatable bonds is 7. The lowest BCUT2D eigenvalue weighted by molar-refractivity contribution is -0.138. The van der Waals surface area contributed by atoms with Crippen LogP contribution in [0.4, 0.5) is 5.69 Å². The van der Waals surface area contributed by atoms with Crippen molar-refractivity contribution in [1.82, 2.24) is 4.90 Å². The zero-order valence-electron chi connectivity index (χ0n) is 15.9. The van der Waals surface area contributed by atoms with E-state index in [2.05, 4.69) is 13.8 Å². The van der Waals surface area contributed by atoms with Crippen LogP contribution in [0.3, 0.4) is 0 Å². The lowest BCUT2D eigenvalue weighted by atomic mass is 9.80. The summed E-state index contributed by atoms with van der Waals surface area (Å²) in [5, 5.41) is 0. The first kappa shape index (κ1) is 19.5. The molecule has 0 heterocycles. The monoisotopic (exact) mass is 344 g/mol. The maximum Gasteiger partial charge on any atom is 0.229 e. The molecule has 4 nitrogen and oxygen atoms in total. The zero-order valence-corrected chi connectivity index (χ0v) is 15.9. The van der Waals surface area contributed by atoms with E-state index in [1.165, 1.54) is 0 Å². The molecule has 0 bridgehead atoms. The maximum absolute atomic E-state index is 12.7. The van der Waals surface area contributed by atoms with E-state index in [0.29, 0.717) is 5.91 Å². The van der Waals surface area contributed by atoms with E-state index in [1.54, 1.807) is 4.90 Å². The van der Waals surface area contributed by atoms with Crippen molar-refractivity contribution in [2.75, 3.05) is 25.0 Å². The summed E-state index contributed by atoms with van der Waals surface area (Å²) in [6.07, 6.45) is 5.31. The Kier molecular flexibility index (Phi) is 7.48.